The van der Waals surface area contributed by atoms with Gasteiger partial charge in [0, 0.05) is 24.2 Å². The van der Waals surface area contributed by atoms with Crippen molar-refractivity contribution in [3.05, 3.63) is 11.9 Å². The lowest BCUT2D eigenvalue weighted by atomic mass is 10.4. The van der Waals surface area contributed by atoms with Gasteiger partial charge in [-0.2, -0.15) is 0 Å². The maximum atomic E-state index is 5.63. The fourth-order valence-corrected chi connectivity index (χ4v) is 0.704. The van der Waals surface area contributed by atoms with Gasteiger partial charge in [-0.25, -0.2) is 0 Å². The average molecular weight is 146 g/mol. The molecule has 0 spiro atoms. The lowest BCUT2D eigenvalue weighted by molar-refractivity contribution is 0.470. The highest BCUT2D eigenvalue weighted by molar-refractivity contribution is 6.14. The number of nitrogens with two attached hydrogens (primary N) is 1. The van der Waals surface area contributed by atoms with E-state index in [1.165, 1.54) is 4.42 Å². The van der Waals surface area contributed by atoms with Gasteiger partial charge in [0.15, 0.2) is 0 Å². The van der Waals surface area contributed by atoms with Crippen LogP contribution in [0.25, 0.3) is 0 Å². The molecule has 4 heteroatoms. The lowest BCUT2D eigenvalue weighted by Gasteiger charge is -2.19. The summed E-state index contributed by atoms with van der Waals surface area (Å²) in [5.74, 6) is 0. The van der Waals surface area contributed by atoms with Gasteiger partial charge in [-0.1, -0.05) is 0 Å². The van der Waals surface area contributed by atoms with Crippen LogP contribution in [-0.2, 0) is 0 Å². The molecular weight excluding hydrogens is 138 g/mol. The quantitative estimate of drug-likeness (QED) is 0.509. The third-order valence-corrected chi connectivity index (χ3v) is 1.45. The minimum atomic E-state index is -0.000957. The smallest absolute Gasteiger partial charge is 0.132 e. The molecule has 0 aromatic rings. The average Bonchev–Trinajstić information content (AvgIpc) is 1.80. The second-order valence-corrected chi connectivity index (χ2v) is 2.27. The third kappa shape index (κ3) is 1.36. The van der Waals surface area contributed by atoms with Crippen molar-refractivity contribution in [3.63, 3.8) is 0 Å². The van der Waals surface area contributed by atoms with E-state index in [0.29, 0.717) is 5.70 Å². The van der Waals surface area contributed by atoms with Crippen LogP contribution < -0.4 is 5.73 Å². The molecule has 1 aliphatic rings. The molecule has 0 fully saturated rings. The zero-order chi connectivity index (χ0) is 6.85. The van der Waals surface area contributed by atoms with Crippen LogP contribution in [-0.4, -0.2) is 16.8 Å². The Kier molecular flexibility index (Phi) is 1.62. The number of hydrogen-bond acceptors (Lipinski definition) is 3. The summed E-state index contributed by atoms with van der Waals surface area (Å²) in [7, 11) is 0. The summed E-state index contributed by atoms with van der Waals surface area (Å²) in [5, 5.41) is 0. The van der Waals surface area contributed by atoms with Crippen LogP contribution in [0.15, 0.2) is 16.9 Å². The fraction of sp³-hybridized carbons (Fsp3) is 0.400. The van der Waals surface area contributed by atoms with Gasteiger partial charge in [0.05, 0.1) is 5.70 Å². The van der Waals surface area contributed by atoms with E-state index >= 15 is 0 Å². The molecule has 9 heavy (non-hydrogen) atoms. The second-order valence-electron chi connectivity index (χ2n) is 1.88. The first-order chi connectivity index (χ1) is 4.20. The zero-order valence-corrected chi connectivity index (χ0v) is 5.84. The monoisotopic (exact) mass is 145 g/mol. The van der Waals surface area contributed by atoms with Crippen LogP contribution >= 0.6 is 11.8 Å². The molecule has 1 heterocycles. The Morgan fingerprint density at radius 3 is 3.00 bits per heavy atom. The van der Waals surface area contributed by atoms with Crippen molar-refractivity contribution in [3.8, 4) is 0 Å². The van der Waals surface area contributed by atoms with Gasteiger partial charge in [-0.15, -0.1) is 0 Å². The first-order valence-electron chi connectivity index (χ1n) is 2.65. The second kappa shape index (κ2) is 2.27. The van der Waals surface area contributed by atoms with Crippen LogP contribution in [0.2, 0.25) is 0 Å². The van der Waals surface area contributed by atoms with Gasteiger partial charge in [-0.05, 0) is 6.92 Å². The Morgan fingerprint density at radius 2 is 2.56 bits per heavy atom. The van der Waals surface area contributed by atoms with E-state index < -0.39 is 0 Å². The molecule has 1 aliphatic heterocycles. The molecule has 3 nitrogen and oxygen atoms in total. The van der Waals surface area contributed by atoms with E-state index in [1.54, 1.807) is 12.4 Å². The molecule has 0 aromatic heterocycles. The van der Waals surface area contributed by atoms with E-state index in [4.69, 9.17) is 17.5 Å². The molecule has 0 amide bonds. The summed E-state index contributed by atoms with van der Waals surface area (Å²) < 4.78 is 1.44. The van der Waals surface area contributed by atoms with Crippen molar-refractivity contribution < 1.29 is 0 Å². The van der Waals surface area contributed by atoms with Gasteiger partial charge >= 0.3 is 0 Å². The molecule has 0 aliphatic carbocycles. The van der Waals surface area contributed by atoms with Crippen molar-refractivity contribution in [2.45, 2.75) is 13.1 Å². The largest absolute Gasteiger partial charge is 0.396 e. The molecular formula is C5H8ClN3. The Bertz CT molecular complexity index is 164. The SMILES string of the molecule is CC1N=CC(N)=CN1Cl. The van der Waals surface area contributed by atoms with E-state index in [9.17, 15) is 0 Å². The normalized spacial score (nSPS) is 26.2. The van der Waals surface area contributed by atoms with Crippen LogP contribution in [0.3, 0.4) is 0 Å². The number of rotatable bonds is 0. The Labute approximate surface area is 58.9 Å². The predicted octanol–water partition coefficient (Wildman–Crippen LogP) is 0.673. The summed E-state index contributed by atoms with van der Waals surface area (Å²) in [4.78, 5) is 3.97. The molecule has 1 atom stereocenters. The molecule has 50 valence electrons. The molecule has 0 aromatic carbocycles. The summed E-state index contributed by atoms with van der Waals surface area (Å²) in [5.41, 5.74) is 5.96. The Balaban J connectivity index is 2.70. The van der Waals surface area contributed by atoms with Gasteiger partial charge in [0.2, 0.25) is 0 Å². The molecule has 0 saturated carbocycles. The summed E-state index contributed by atoms with van der Waals surface area (Å²) >= 11 is 5.63. The van der Waals surface area contributed by atoms with E-state index in [1.807, 2.05) is 6.92 Å². The fourth-order valence-electron chi connectivity index (χ4n) is 0.541. The topological polar surface area (TPSA) is 41.6 Å². The maximum Gasteiger partial charge on any atom is 0.132 e. The van der Waals surface area contributed by atoms with E-state index in [0.717, 1.165) is 0 Å². The number of halogens is 1. The standard InChI is InChI=1S/C5H8ClN3/c1-4-8-2-5(7)3-9(4)6/h2-4H,7H2,1H3. The molecule has 0 radical (unpaired) electrons. The van der Waals surface area contributed by atoms with Crippen molar-refractivity contribution in [2.75, 3.05) is 0 Å². The van der Waals surface area contributed by atoms with Crippen LogP contribution in [0.1, 0.15) is 6.92 Å². The van der Waals surface area contributed by atoms with Gasteiger partial charge in [-0.3, -0.25) is 9.41 Å². The van der Waals surface area contributed by atoms with Crippen LogP contribution in [0.5, 0.6) is 0 Å². The summed E-state index contributed by atoms with van der Waals surface area (Å²) in [6.45, 7) is 1.88. The van der Waals surface area contributed by atoms with Crippen molar-refractivity contribution in [2.24, 2.45) is 10.7 Å². The maximum absolute atomic E-state index is 5.63. The summed E-state index contributed by atoms with van der Waals surface area (Å²) in [6.07, 6.45) is 3.24. The Hall–Kier alpha value is -0.700. The van der Waals surface area contributed by atoms with Gasteiger partial charge in [0.25, 0.3) is 0 Å². The third-order valence-electron chi connectivity index (χ3n) is 1.07. The van der Waals surface area contributed by atoms with E-state index in [-0.39, 0.29) is 6.17 Å². The summed E-state index contributed by atoms with van der Waals surface area (Å²) in [6, 6.07) is 0. The highest BCUT2D eigenvalue weighted by Gasteiger charge is 2.08. The zero-order valence-electron chi connectivity index (χ0n) is 5.08. The molecule has 0 saturated heterocycles. The van der Waals surface area contributed by atoms with Gasteiger partial charge in [0.1, 0.15) is 6.17 Å². The number of aliphatic imine (C=N–C) groups is 1. The van der Waals surface area contributed by atoms with E-state index in [2.05, 4.69) is 4.99 Å². The molecule has 1 unspecified atom stereocenters. The highest BCUT2D eigenvalue weighted by atomic mass is 35.5. The van der Waals surface area contributed by atoms with Crippen LogP contribution in [0.4, 0.5) is 0 Å². The number of nitrogens with zero attached hydrogens (tertiary/aromatic N) is 2. The first-order valence-corrected chi connectivity index (χ1v) is 2.98. The van der Waals surface area contributed by atoms with Crippen molar-refractivity contribution >= 4 is 18.0 Å². The number of hydrogen-bond donors (Lipinski definition) is 1. The Morgan fingerprint density at radius 1 is 1.89 bits per heavy atom. The van der Waals surface area contributed by atoms with Crippen molar-refractivity contribution in [1.29, 1.82) is 0 Å². The van der Waals surface area contributed by atoms with Crippen LogP contribution in [0, 0.1) is 0 Å². The van der Waals surface area contributed by atoms with Gasteiger partial charge < -0.3 is 5.73 Å². The molecule has 2 N–H and O–H groups in total. The predicted molar refractivity (Wildman–Crippen MR) is 37.9 cm³/mol. The first kappa shape index (κ1) is 6.42. The minimum Gasteiger partial charge on any atom is -0.396 e. The highest BCUT2D eigenvalue weighted by Crippen LogP contribution is 2.09. The van der Waals surface area contributed by atoms with Crippen molar-refractivity contribution in [1.82, 2.24) is 4.42 Å². The minimum absolute atomic E-state index is 0.000957. The lowest BCUT2D eigenvalue weighted by Crippen LogP contribution is -2.23. The molecule has 0 bridgehead atoms. The number of allylic oxidation sites excluding steroid dienone is 1. The molecule has 1 rings (SSSR count).